The minimum absolute atomic E-state index is 0.0650. The van der Waals surface area contributed by atoms with Crippen molar-refractivity contribution >= 4 is 29.3 Å². The maximum absolute atomic E-state index is 11.9. The Morgan fingerprint density at radius 3 is 2.83 bits per heavy atom. The number of hydrogen-bond acceptors (Lipinski definition) is 5. The molecule has 1 amide bonds. The van der Waals surface area contributed by atoms with E-state index in [0.29, 0.717) is 36.3 Å². The second-order valence-corrected chi connectivity index (χ2v) is 6.28. The highest BCUT2D eigenvalue weighted by Gasteiger charge is 2.16. The zero-order chi connectivity index (χ0) is 16.1. The number of hydrogen-bond donors (Lipinski definition) is 1. The minimum Gasteiger partial charge on any atom is -0.486 e. The minimum atomic E-state index is -0.0650. The molecule has 0 aliphatic carbocycles. The van der Waals surface area contributed by atoms with E-state index in [9.17, 15) is 4.79 Å². The van der Waals surface area contributed by atoms with Gasteiger partial charge in [0.25, 0.3) is 0 Å². The average molecular weight is 351 g/mol. The van der Waals surface area contributed by atoms with Crippen LogP contribution < -0.4 is 14.8 Å². The lowest BCUT2D eigenvalue weighted by Gasteiger charge is -2.19. The summed E-state index contributed by atoms with van der Waals surface area (Å²) in [5.74, 6) is 1.52. The molecule has 0 atom stereocenters. The zero-order valence-corrected chi connectivity index (χ0v) is 13.8. The SMILES string of the molecule is O=C(CSc1cc2c(cc1Cl)OCCO2)NCc1cccnc1. The molecule has 7 heteroatoms. The van der Waals surface area contributed by atoms with Crippen molar-refractivity contribution in [3.63, 3.8) is 0 Å². The van der Waals surface area contributed by atoms with Crippen LogP contribution in [0.1, 0.15) is 5.56 Å². The number of nitrogens with zero attached hydrogens (tertiary/aromatic N) is 1. The van der Waals surface area contributed by atoms with E-state index in [1.807, 2.05) is 18.2 Å². The van der Waals surface area contributed by atoms with Crippen molar-refractivity contribution in [2.24, 2.45) is 0 Å². The van der Waals surface area contributed by atoms with Gasteiger partial charge in [0.1, 0.15) is 13.2 Å². The van der Waals surface area contributed by atoms with E-state index in [1.165, 1.54) is 11.8 Å². The molecule has 23 heavy (non-hydrogen) atoms. The van der Waals surface area contributed by atoms with Crippen molar-refractivity contribution < 1.29 is 14.3 Å². The number of aromatic nitrogens is 1. The number of halogens is 1. The number of benzene rings is 1. The van der Waals surface area contributed by atoms with Crippen LogP contribution in [-0.2, 0) is 11.3 Å². The van der Waals surface area contributed by atoms with E-state index < -0.39 is 0 Å². The molecule has 1 N–H and O–H groups in total. The van der Waals surface area contributed by atoms with Crippen molar-refractivity contribution in [3.05, 3.63) is 47.2 Å². The molecule has 1 aliphatic rings. The zero-order valence-electron chi connectivity index (χ0n) is 12.3. The van der Waals surface area contributed by atoms with E-state index >= 15 is 0 Å². The monoisotopic (exact) mass is 350 g/mol. The number of carbonyl (C=O) groups excluding carboxylic acids is 1. The highest BCUT2D eigenvalue weighted by molar-refractivity contribution is 8.00. The molecule has 2 heterocycles. The Kier molecular flexibility index (Phi) is 5.25. The molecule has 120 valence electrons. The fourth-order valence-corrected chi connectivity index (χ4v) is 3.15. The smallest absolute Gasteiger partial charge is 0.230 e. The fourth-order valence-electron chi connectivity index (χ4n) is 2.05. The number of rotatable bonds is 5. The van der Waals surface area contributed by atoms with Gasteiger partial charge in [-0.25, -0.2) is 0 Å². The van der Waals surface area contributed by atoms with Crippen molar-refractivity contribution in [2.45, 2.75) is 11.4 Å². The lowest BCUT2D eigenvalue weighted by atomic mass is 10.3. The molecule has 1 aliphatic heterocycles. The van der Waals surface area contributed by atoms with E-state index in [1.54, 1.807) is 18.5 Å². The number of amides is 1. The summed E-state index contributed by atoms with van der Waals surface area (Å²) in [6.07, 6.45) is 3.43. The first-order chi connectivity index (χ1) is 11.2. The first kappa shape index (κ1) is 16.0. The molecule has 3 rings (SSSR count). The van der Waals surface area contributed by atoms with Crippen LogP contribution in [0.3, 0.4) is 0 Å². The van der Waals surface area contributed by atoms with Gasteiger partial charge in [-0.2, -0.15) is 0 Å². The summed E-state index contributed by atoms with van der Waals surface area (Å²) in [6.45, 7) is 1.50. The van der Waals surface area contributed by atoms with Gasteiger partial charge >= 0.3 is 0 Å². The number of carbonyl (C=O) groups is 1. The van der Waals surface area contributed by atoms with E-state index in [-0.39, 0.29) is 11.7 Å². The van der Waals surface area contributed by atoms with Gasteiger partial charge in [0, 0.05) is 29.9 Å². The third kappa shape index (κ3) is 4.30. The lowest BCUT2D eigenvalue weighted by molar-refractivity contribution is -0.118. The molecule has 0 unspecified atom stereocenters. The van der Waals surface area contributed by atoms with Gasteiger partial charge in [0.05, 0.1) is 10.8 Å². The van der Waals surface area contributed by atoms with Gasteiger partial charge in [0.2, 0.25) is 5.91 Å². The highest BCUT2D eigenvalue weighted by atomic mass is 35.5. The molecule has 0 spiro atoms. The van der Waals surface area contributed by atoms with Gasteiger partial charge in [-0.1, -0.05) is 17.7 Å². The molecule has 0 saturated carbocycles. The van der Waals surface area contributed by atoms with Crippen LogP contribution in [0.15, 0.2) is 41.6 Å². The van der Waals surface area contributed by atoms with Gasteiger partial charge in [0.15, 0.2) is 11.5 Å². The second-order valence-electron chi connectivity index (χ2n) is 4.85. The molecular formula is C16H15ClN2O3S. The summed E-state index contributed by atoms with van der Waals surface area (Å²) in [7, 11) is 0. The Morgan fingerprint density at radius 2 is 2.09 bits per heavy atom. The molecule has 0 radical (unpaired) electrons. The number of pyridine rings is 1. The second kappa shape index (κ2) is 7.57. The van der Waals surface area contributed by atoms with E-state index in [4.69, 9.17) is 21.1 Å². The molecular weight excluding hydrogens is 336 g/mol. The third-order valence-electron chi connectivity index (χ3n) is 3.17. The van der Waals surface area contributed by atoms with E-state index in [0.717, 1.165) is 10.5 Å². The first-order valence-electron chi connectivity index (χ1n) is 7.10. The van der Waals surface area contributed by atoms with Crippen LogP contribution in [0.5, 0.6) is 11.5 Å². The maximum atomic E-state index is 11.9. The average Bonchev–Trinajstić information content (AvgIpc) is 2.59. The van der Waals surface area contributed by atoms with Gasteiger partial charge in [-0.3, -0.25) is 9.78 Å². The lowest BCUT2D eigenvalue weighted by Crippen LogP contribution is -2.24. The summed E-state index contributed by atoms with van der Waals surface area (Å²) < 4.78 is 11.0. The topological polar surface area (TPSA) is 60.5 Å². The molecule has 1 aromatic heterocycles. The van der Waals surface area contributed by atoms with Crippen LogP contribution in [-0.4, -0.2) is 29.9 Å². The van der Waals surface area contributed by atoms with Crippen LogP contribution in [0.25, 0.3) is 0 Å². The Labute approximate surface area is 143 Å². The quantitative estimate of drug-likeness (QED) is 0.840. The van der Waals surface area contributed by atoms with Crippen LogP contribution in [0.2, 0.25) is 5.02 Å². The normalized spacial score (nSPS) is 12.7. The van der Waals surface area contributed by atoms with Gasteiger partial charge < -0.3 is 14.8 Å². The molecule has 1 aromatic carbocycles. The van der Waals surface area contributed by atoms with Crippen molar-refractivity contribution in [1.82, 2.24) is 10.3 Å². The predicted octanol–water partition coefficient (Wildman–Crippen LogP) is 2.91. The molecule has 0 saturated heterocycles. The summed E-state index contributed by atoms with van der Waals surface area (Å²) >= 11 is 7.59. The van der Waals surface area contributed by atoms with Gasteiger partial charge in [-0.15, -0.1) is 11.8 Å². The number of thioether (sulfide) groups is 1. The number of ether oxygens (including phenoxy) is 2. The molecule has 5 nitrogen and oxygen atoms in total. The standard InChI is InChI=1S/C16H15ClN2O3S/c17-12-6-13-14(22-5-4-21-13)7-15(12)23-10-16(20)19-9-11-2-1-3-18-8-11/h1-3,6-8H,4-5,9-10H2,(H,19,20). The maximum Gasteiger partial charge on any atom is 0.230 e. The Balaban J connectivity index is 1.54. The molecule has 2 aromatic rings. The Morgan fingerprint density at radius 1 is 1.30 bits per heavy atom. The summed E-state index contributed by atoms with van der Waals surface area (Å²) in [5, 5.41) is 3.41. The van der Waals surface area contributed by atoms with E-state index in [2.05, 4.69) is 10.3 Å². The summed E-state index contributed by atoms with van der Waals surface area (Å²) in [6, 6.07) is 7.30. The Bertz CT molecular complexity index is 697. The fraction of sp³-hybridized carbons (Fsp3) is 0.250. The van der Waals surface area contributed by atoms with Crippen molar-refractivity contribution in [2.75, 3.05) is 19.0 Å². The number of fused-ring (bicyclic) bond motifs is 1. The van der Waals surface area contributed by atoms with Gasteiger partial charge in [-0.05, 0) is 17.7 Å². The Hall–Kier alpha value is -1.92. The highest BCUT2D eigenvalue weighted by Crippen LogP contribution is 2.39. The largest absolute Gasteiger partial charge is 0.486 e. The van der Waals surface area contributed by atoms with Crippen molar-refractivity contribution in [3.8, 4) is 11.5 Å². The summed E-state index contributed by atoms with van der Waals surface area (Å²) in [4.78, 5) is 16.7. The third-order valence-corrected chi connectivity index (χ3v) is 4.65. The van der Waals surface area contributed by atoms with Crippen LogP contribution in [0.4, 0.5) is 0 Å². The van der Waals surface area contributed by atoms with Crippen LogP contribution >= 0.6 is 23.4 Å². The molecule has 0 fully saturated rings. The first-order valence-corrected chi connectivity index (χ1v) is 8.46. The van der Waals surface area contributed by atoms with Crippen LogP contribution in [0, 0.1) is 0 Å². The summed E-state index contributed by atoms with van der Waals surface area (Å²) in [5.41, 5.74) is 0.961. The predicted molar refractivity (Wildman–Crippen MR) is 89.2 cm³/mol. The van der Waals surface area contributed by atoms with Crippen molar-refractivity contribution in [1.29, 1.82) is 0 Å². The molecule has 0 bridgehead atoms. The number of nitrogens with one attached hydrogen (secondary N) is 1.